The molecule has 0 spiro atoms. The molecular weight excluding hydrogens is 214 g/mol. The Morgan fingerprint density at radius 2 is 1.94 bits per heavy atom. The van der Waals surface area contributed by atoms with Crippen LogP contribution in [0.3, 0.4) is 0 Å². The number of ether oxygens (including phenoxy) is 2. The lowest BCUT2D eigenvalue weighted by atomic mass is 10.0. The molecule has 0 aliphatic carbocycles. The van der Waals surface area contributed by atoms with E-state index < -0.39 is 0 Å². The summed E-state index contributed by atoms with van der Waals surface area (Å²) in [6.45, 7) is 7.11. The molecule has 1 aromatic carbocycles. The van der Waals surface area contributed by atoms with E-state index in [-0.39, 0.29) is 12.1 Å². The summed E-state index contributed by atoms with van der Waals surface area (Å²) < 4.78 is 10.6. The van der Waals surface area contributed by atoms with E-state index in [0.717, 1.165) is 12.3 Å². The van der Waals surface area contributed by atoms with Crippen LogP contribution in [0.25, 0.3) is 0 Å². The Labute approximate surface area is 104 Å². The average molecular weight is 237 g/mol. The van der Waals surface area contributed by atoms with Crippen LogP contribution >= 0.6 is 0 Å². The van der Waals surface area contributed by atoms with Crippen molar-refractivity contribution < 1.29 is 9.47 Å². The number of hydrogen-bond donors (Lipinski definition) is 1. The second-order valence-electron chi connectivity index (χ2n) is 4.42. The predicted molar refractivity (Wildman–Crippen MR) is 70.6 cm³/mol. The molecule has 2 unspecified atom stereocenters. The first-order valence-corrected chi connectivity index (χ1v) is 5.99. The molecule has 2 atom stereocenters. The minimum absolute atomic E-state index is 0.216. The summed E-state index contributed by atoms with van der Waals surface area (Å²) in [6.07, 6.45) is 0.216. The average Bonchev–Trinajstić information content (AvgIpc) is 2.35. The fraction of sp³-hybridized carbons (Fsp3) is 0.571. The van der Waals surface area contributed by atoms with E-state index in [1.54, 1.807) is 14.2 Å². The van der Waals surface area contributed by atoms with Crippen molar-refractivity contribution >= 4 is 0 Å². The van der Waals surface area contributed by atoms with Gasteiger partial charge < -0.3 is 14.8 Å². The van der Waals surface area contributed by atoms with Crippen molar-refractivity contribution in [2.45, 2.75) is 32.9 Å². The first-order valence-electron chi connectivity index (χ1n) is 5.99. The molecule has 3 nitrogen and oxygen atoms in total. The SMILES string of the molecule is COc1ccc(C)cc1C(C)NCC(C)OC. The number of nitrogens with one attached hydrogen (secondary N) is 1. The molecule has 1 N–H and O–H groups in total. The van der Waals surface area contributed by atoms with Crippen molar-refractivity contribution in [3.8, 4) is 5.75 Å². The van der Waals surface area contributed by atoms with Crippen LogP contribution in [-0.2, 0) is 4.74 Å². The zero-order valence-electron chi connectivity index (χ0n) is 11.4. The Balaban J connectivity index is 2.73. The van der Waals surface area contributed by atoms with Crippen LogP contribution in [0.5, 0.6) is 5.75 Å². The van der Waals surface area contributed by atoms with Crippen LogP contribution in [-0.4, -0.2) is 26.9 Å². The summed E-state index contributed by atoms with van der Waals surface area (Å²) in [7, 11) is 3.43. The quantitative estimate of drug-likeness (QED) is 0.825. The number of rotatable bonds is 6. The minimum Gasteiger partial charge on any atom is -0.496 e. The van der Waals surface area contributed by atoms with Gasteiger partial charge in [0.2, 0.25) is 0 Å². The van der Waals surface area contributed by atoms with Gasteiger partial charge in [-0.2, -0.15) is 0 Å². The molecule has 0 aliphatic heterocycles. The molecule has 96 valence electrons. The minimum atomic E-state index is 0.216. The third-order valence-electron chi connectivity index (χ3n) is 2.97. The zero-order chi connectivity index (χ0) is 12.8. The highest BCUT2D eigenvalue weighted by Gasteiger charge is 2.12. The highest BCUT2D eigenvalue weighted by Crippen LogP contribution is 2.25. The van der Waals surface area contributed by atoms with Crippen LogP contribution in [0.1, 0.15) is 31.0 Å². The summed E-state index contributed by atoms with van der Waals surface area (Å²) in [5, 5.41) is 3.45. The lowest BCUT2D eigenvalue weighted by Crippen LogP contribution is -2.28. The van der Waals surface area contributed by atoms with Gasteiger partial charge in [0.15, 0.2) is 0 Å². The predicted octanol–water partition coefficient (Wildman–Crippen LogP) is 2.69. The third-order valence-corrected chi connectivity index (χ3v) is 2.97. The molecule has 3 heteroatoms. The van der Waals surface area contributed by atoms with E-state index in [1.807, 2.05) is 13.0 Å². The molecular formula is C14H23NO2. The third kappa shape index (κ3) is 4.02. The van der Waals surface area contributed by atoms with Gasteiger partial charge in [-0.3, -0.25) is 0 Å². The van der Waals surface area contributed by atoms with Crippen LogP contribution in [0, 0.1) is 6.92 Å². The van der Waals surface area contributed by atoms with Crippen molar-refractivity contribution in [2.24, 2.45) is 0 Å². The summed E-state index contributed by atoms with van der Waals surface area (Å²) >= 11 is 0. The molecule has 0 saturated carbocycles. The van der Waals surface area contributed by atoms with E-state index in [0.29, 0.717) is 0 Å². The van der Waals surface area contributed by atoms with Crippen molar-refractivity contribution in [1.82, 2.24) is 5.32 Å². The fourth-order valence-corrected chi connectivity index (χ4v) is 1.73. The fourth-order valence-electron chi connectivity index (χ4n) is 1.73. The molecule has 0 fully saturated rings. The molecule has 1 aromatic rings. The Hall–Kier alpha value is -1.06. The highest BCUT2D eigenvalue weighted by atomic mass is 16.5. The normalized spacial score (nSPS) is 14.4. The Kier molecular flexibility index (Phi) is 5.45. The molecule has 0 saturated heterocycles. The standard InChI is InChI=1S/C14H23NO2/c1-10-6-7-14(17-5)13(8-10)12(3)15-9-11(2)16-4/h6-8,11-12,15H,9H2,1-5H3. The highest BCUT2D eigenvalue weighted by molar-refractivity contribution is 5.38. The van der Waals surface area contributed by atoms with Crippen LogP contribution in [0.15, 0.2) is 18.2 Å². The van der Waals surface area contributed by atoms with E-state index in [1.165, 1.54) is 11.1 Å². The second kappa shape index (κ2) is 6.62. The van der Waals surface area contributed by atoms with Crippen molar-refractivity contribution in [3.05, 3.63) is 29.3 Å². The van der Waals surface area contributed by atoms with E-state index in [9.17, 15) is 0 Å². The summed E-state index contributed by atoms with van der Waals surface area (Å²) in [5.41, 5.74) is 2.44. The molecule has 0 amide bonds. The smallest absolute Gasteiger partial charge is 0.123 e. The van der Waals surface area contributed by atoms with Gasteiger partial charge in [-0.25, -0.2) is 0 Å². The maximum Gasteiger partial charge on any atom is 0.123 e. The van der Waals surface area contributed by atoms with Crippen molar-refractivity contribution in [2.75, 3.05) is 20.8 Å². The molecule has 0 heterocycles. The van der Waals surface area contributed by atoms with Gasteiger partial charge in [0.05, 0.1) is 13.2 Å². The van der Waals surface area contributed by atoms with Gasteiger partial charge in [-0.15, -0.1) is 0 Å². The number of aryl methyl sites for hydroxylation is 1. The van der Waals surface area contributed by atoms with Crippen molar-refractivity contribution in [1.29, 1.82) is 0 Å². The topological polar surface area (TPSA) is 30.5 Å². The van der Waals surface area contributed by atoms with Crippen LogP contribution in [0.2, 0.25) is 0 Å². The maximum atomic E-state index is 5.38. The van der Waals surface area contributed by atoms with Gasteiger partial charge in [0, 0.05) is 25.3 Å². The van der Waals surface area contributed by atoms with Gasteiger partial charge in [-0.05, 0) is 26.8 Å². The van der Waals surface area contributed by atoms with E-state index in [2.05, 4.69) is 31.3 Å². The second-order valence-corrected chi connectivity index (χ2v) is 4.42. The van der Waals surface area contributed by atoms with Crippen LogP contribution < -0.4 is 10.1 Å². The Bertz CT molecular complexity index is 352. The van der Waals surface area contributed by atoms with Gasteiger partial charge in [0.25, 0.3) is 0 Å². The lowest BCUT2D eigenvalue weighted by molar-refractivity contribution is 0.115. The molecule has 0 aromatic heterocycles. The van der Waals surface area contributed by atoms with Crippen molar-refractivity contribution in [3.63, 3.8) is 0 Å². The Morgan fingerprint density at radius 3 is 2.53 bits per heavy atom. The zero-order valence-corrected chi connectivity index (χ0v) is 11.4. The van der Waals surface area contributed by atoms with E-state index in [4.69, 9.17) is 9.47 Å². The van der Waals surface area contributed by atoms with Crippen LogP contribution in [0.4, 0.5) is 0 Å². The molecule has 0 bridgehead atoms. The summed E-state index contributed by atoms with van der Waals surface area (Å²) in [5.74, 6) is 0.931. The molecule has 0 radical (unpaired) electrons. The summed E-state index contributed by atoms with van der Waals surface area (Å²) in [4.78, 5) is 0. The number of benzene rings is 1. The molecule has 1 rings (SSSR count). The largest absolute Gasteiger partial charge is 0.496 e. The maximum absolute atomic E-state index is 5.38. The first kappa shape index (κ1) is 14.0. The Morgan fingerprint density at radius 1 is 1.24 bits per heavy atom. The van der Waals surface area contributed by atoms with E-state index >= 15 is 0 Å². The monoisotopic (exact) mass is 237 g/mol. The van der Waals surface area contributed by atoms with Gasteiger partial charge in [0.1, 0.15) is 5.75 Å². The summed E-state index contributed by atoms with van der Waals surface area (Å²) in [6, 6.07) is 6.49. The lowest BCUT2D eigenvalue weighted by Gasteiger charge is -2.19. The van der Waals surface area contributed by atoms with Gasteiger partial charge >= 0.3 is 0 Å². The number of methoxy groups -OCH3 is 2. The molecule has 17 heavy (non-hydrogen) atoms. The van der Waals surface area contributed by atoms with Gasteiger partial charge in [-0.1, -0.05) is 17.7 Å². The first-order chi connectivity index (χ1) is 8.08. The number of hydrogen-bond acceptors (Lipinski definition) is 3. The molecule has 0 aliphatic rings.